The highest BCUT2D eigenvalue weighted by atomic mass is 32.1. The second-order valence-electron chi connectivity index (χ2n) is 14.9. The Morgan fingerprint density at radius 2 is 0.828 bits per heavy atom. The van der Waals surface area contributed by atoms with E-state index in [-0.39, 0.29) is 0 Å². The second-order valence-corrected chi connectivity index (χ2v) is 15.9. The van der Waals surface area contributed by atoms with Crippen LogP contribution in [0.5, 0.6) is 0 Å². The van der Waals surface area contributed by atoms with E-state index in [0.29, 0.717) is 0 Å². The number of hydrogen-bond donors (Lipinski definition) is 0. The minimum absolute atomic E-state index is 1.10. The zero-order chi connectivity index (χ0) is 38.4. The van der Waals surface area contributed by atoms with Crippen LogP contribution < -0.4 is 4.90 Å². The third-order valence-corrected chi connectivity index (χ3v) is 12.7. The Labute approximate surface area is 342 Å². The summed E-state index contributed by atoms with van der Waals surface area (Å²) in [5, 5.41) is 7.60. The fourth-order valence-electron chi connectivity index (χ4n) is 8.72. The van der Waals surface area contributed by atoms with E-state index >= 15 is 0 Å². The predicted octanol–water partition coefficient (Wildman–Crippen LogP) is 16.5. The van der Waals surface area contributed by atoms with E-state index in [4.69, 9.17) is 0 Å². The molecule has 0 spiro atoms. The number of benzene rings is 10. The Morgan fingerprint density at radius 3 is 1.64 bits per heavy atom. The number of fused-ring (bicyclic) bond motifs is 5. The van der Waals surface area contributed by atoms with Crippen molar-refractivity contribution in [3.05, 3.63) is 224 Å². The van der Waals surface area contributed by atoms with Crippen molar-refractivity contribution in [3.63, 3.8) is 0 Å². The topological polar surface area (TPSA) is 3.24 Å². The molecule has 0 aliphatic carbocycles. The summed E-state index contributed by atoms with van der Waals surface area (Å²) in [5.41, 5.74) is 13.0. The van der Waals surface area contributed by atoms with Crippen LogP contribution in [0.4, 0.5) is 17.1 Å². The van der Waals surface area contributed by atoms with Gasteiger partial charge in [0.1, 0.15) is 0 Å². The summed E-state index contributed by atoms with van der Waals surface area (Å²) in [6.07, 6.45) is 0. The molecule has 0 amide bonds. The van der Waals surface area contributed by atoms with Gasteiger partial charge < -0.3 is 4.90 Å². The van der Waals surface area contributed by atoms with Crippen molar-refractivity contribution in [3.8, 4) is 44.5 Å². The van der Waals surface area contributed by atoms with Crippen LogP contribution >= 0.6 is 11.3 Å². The summed E-state index contributed by atoms with van der Waals surface area (Å²) >= 11 is 1.88. The van der Waals surface area contributed by atoms with E-state index in [1.807, 2.05) is 11.3 Å². The first-order chi connectivity index (χ1) is 28.8. The number of rotatable bonds is 7. The minimum atomic E-state index is 1.10. The van der Waals surface area contributed by atoms with E-state index in [1.54, 1.807) is 0 Å². The molecule has 0 saturated heterocycles. The Balaban J connectivity index is 1.04. The highest BCUT2D eigenvalue weighted by Gasteiger charge is 2.20. The molecule has 2 heteroatoms. The Bertz CT molecular complexity index is 3290. The van der Waals surface area contributed by atoms with Gasteiger partial charge in [-0.25, -0.2) is 0 Å². The predicted molar refractivity (Wildman–Crippen MR) is 251 cm³/mol. The molecule has 0 saturated carbocycles. The first-order valence-corrected chi connectivity index (χ1v) is 20.7. The summed E-state index contributed by atoms with van der Waals surface area (Å²) in [6.45, 7) is 0. The summed E-state index contributed by atoms with van der Waals surface area (Å²) in [6, 6.07) is 81.9. The number of para-hydroxylation sites is 1. The Morgan fingerprint density at radius 1 is 0.293 bits per heavy atom. The highest BCUT2D eigenvalue weighted by Crippen LogP contribution is 2.45. The van der Waals surface area contributed by atoms with E-state index in [9.17, 15) is 0 Å². The molecular weight excluding hydrogens is 719 g/mol. The van der Waals surface area contributed by atoms with Crippen LogP contribution in [0.2, 0.25) is 0 Å². The molecule has 272 valence electrons. The number of anilines is 3. The van der Waals surface area contributed by atoms with Gasteiger partial charge in [-0.2, -0.15) is 0 Å². The third kappa shape index (κ3) is 5.94. The number of hydrogen-bond acceptors (Lipinski definition) is 2. The average Bonchev–Trinajstić information content (AvgIpc) is 3.68. The van der Waals surface area contributed by atoms with E-state index in [0.717, 1.165) is 17.1 Å². The molecule has 1 nitrogen and oxygen atoms in total. The molecule has 0 N–H and O–H groups in total. The molecule has 58 heavy (non-hydrogen) atoms. The van der Waals surface area contributed by atoms with Crippen LogP contribution in [0.25, 0.3) is 86.2 Å². The molecule has 0 radical (unpaired) electrons. The van der Waals surface area contributed by atoms with Gasteiger partial charge in [0.25, 0.3) is 0 Å². The molecular formula is C56H37NS. The van der Waals surface area contributed by atoms with Gasteiger partial charge in [-0.05, 0) is 103 Å². The quantitative estimate of drug-likeness (QED) is 0.157. The minimum Gasteiger partial charge on any atom is -0.310 e. The highest BCUT2D eigenvalue weighted by molar-refractivity contribution is 7.26. The van der Waals surface area contributed by atoms with Crippen LogP contribution in [0.15, 0.2) is 224 Å². The lowest BCUT2D eigenvalue weighted by Gasteiger charge is -2.29. The average molecular weight is 756 g/mol. The zero-order valence-electron chi connectivity index (χ0n) is 31.7. The van der Waals surface area contributed by atoms with Crippen molar-refractivity contribution in [1.29, 1.82) is 0 Å². The maximum atomic E-state index is 2.42. The van der Waals surface area contributed by atoms with Gasteiger partial charge >= 0.3 is 0 Å². The fraction of sp³-hybridized carbons (Fsp3) is 0. The van der Waals surface area contributed by atoms with Crippen LogP contribution in [0.1, 0.15) is 0 Å². The molecule has 11 aromatic rings. The molecule has 0 unspecified atom stereocenters. The van der Waals surface area contributed by atoms with Crippen molar-refractivity contribution in [1.82, 2.24) is 0 Å². The van der Waals surface area contributed by atoms with E-state index in [2.05, 4.69) is 229 Å². The SMILES string of the molecule is c1cc(-c2ccc(N(c3cccc(-c4cccc5ccccc45)c3)c3ccccc3-c3cccc4ccccc34)cc2)cc(-c2cccc3c2sc2ccccc23)c1. The second kappa shape index (κ2) is 14.4. The van der Waals surface area contributed by atoms with Crippen LogP contribution in [-0.2, 0) is 0 Å². The maximum absolute atomic E-state index is 2.42. The van der Waals surface area contributed by atoms with Crippen molar-refractivity contribution in [2.45, 2.75) is 0 Å². The van der Waals surface area contributed by atoms with Gasteiger partial charge in [-0.1, -0.05) is 182 Å². The smallest absolute Gasteiger partial charge is 0.0540 e. The van der Waals surface area contributed by atoms with E-state index in [1.165, 1.54) is 86.2 Å². The molecule has 0 aliphatic rings. The van der Waals surface area contributed by atoms with Crippen molar-refractivity contribution >= 4 is 70.1 Å². The van der Waals surface area contributed by atoms with Crippen molar-refractivity contribution < 1.29 is 0 Å². The van der Waals surface area contributed by atoms with Gasteiger partial charge in [0, 0.05) is 37.1 Å². The molecule has 0 atom stereocenters. The van der Waals surface area contributed by atoms with Gasteiger partial charge in [0.2, 0.25) is 0 Å². The molecule has 0 fully saturated rings. The van der Waals surface area contributed by atoms with Gasteiger partial charge in [-0.3, -0.25) is 0 Å². The maximum Gasteiger partial charge on any atom is 0.0540 e. The summed E-state index contributed by atoms with van der Waals surface area (Å²) in [7, 11) is 0. The lowest BCUT2D eigenvalue weighted by Crippen LogP contribution is -2.11. The fourth-order valence-corrected chi connectivity index (χ4v) is 9.96. The molecule has 1 heterocycles. The molecule has 10 aromatic carbocycles. The Hall–Kier alpha value is -7.26. The van der Waals surface area contributed by atoms with Crippen LogP contribution in [0, 0.1) is 0 Å². The van der Waals surface area contributed by atoms with Gasteiger partial charge in [-0.15, -0.1) is 11.3 Å². The molecule has 0 aliphatic heterocycles. The first-order valence-electron chi connectivity index (χ1n) is 19.8. The summed E-state index contributed by atoms with van der Waals surface area (Å²) in [4.78, 5) is 2.42. The monoisotopic (exact) mass is 755 g/mol. The Kier molecular flexibility index (Phi) is 8.42. The molecule has 0 bridgehead atoms. The van der Waals surface area contributed by atoms with Crippen LogP contribution in [0.3, 0.4) is 0 Å². The molecule has 1 aromatic heterocycles. The number of thiophene rings is 1. The standard InChI is InChI=1S/C56H37NS/c1-3-22-46-39(14-1)16-11-26-48(46)43-20-10-21-45(37-43)57(54-30-7-5-24-51(54)50-28-12-17-40-15-2-4-23-47(40)50)44-34-32-38(33-35-44)41-18-9-19-42(36-41)49-27-13-29-53-52-25-6-8-31-55(52)58-56(49)53/h1-37H. The normalized spacial score (nSPS) is 11.4. The van der Waals surface area contributed by atoms with E-state index < -0.39 is 0 Å². The van der Waals surface area contributed by atoms with Crippen molar-refractivity contribution in [2.75, 3.05) is 4.90 Å². The largest absolute Gasteiger partial charge is 0.310 e. The zero-order valence-corrected chi connectivity index (χ0v) is 32.5. The number of nitrogens with zero attached hydrogens (tertiary/aromatic N) is 1. The van der Waals surface area contributed by atoms with Gasteiger partial charge in [0.05, 0.1) is 5.69 Å². The molecule has 11 rings (SSSR count). The van der Waals surface area contributed by atoms with Crippen molar-refractivity contribution in [2.24, 2.45) is 0 Å². The lowest BCUT2D eigenvalue weighted by molar-refractivity contribution is 1.28. The van der Waals surface area contributed by atoms with Crippen LogP contribution in [-0.4, -0.2) is 0 Å². The summed E-state index contributed by atoms with van der Waals surface area (Å²) in [5.74, 6) is 0. The lowest BCUT2D eigenvalue weighted by atomic mass is 9.95. The van der Waals surface area contributed by atoms with Gasteiger partial charge in [0.15, 0.2) is 0 Å². The summed E-state index contributed by atoms with van der Waals surface area (Å²) < 4.78 is 2.66. The first kappa shape index (κ1) is 34.0. The third-order valence-electron chi connectivity index (χ3n) is 11.5.